The molecule has 0 fully saturated rings. The molecular weight excluding hydrogens is 593 g/mol. The fourth-order valence-corrected chi connectivity index (χ4v) is 6.35. The van der Waals surface area contributed by atoms with Gasteiger partial charge in [0.05, 0.1) is 0 Å². The Morgan fingerprint density at radius 2 is 0.816 bits per heavy atom. The quantitative estimate of drug-likeness (QED) is 0.0518. The number of unbranched alkanes of at least 4 members (excludes halogenated alkanes) is 19. The van der Waals surface area contributed by atoms with Crippen molar-refractivity contribution < 1.29 is 0 Å². The molecule has 0 heterocycles. The molecule has 0 rings (SSSR count). The lowest BCUT2D eigenvalue weighted by Gasteiger charge is -2.27. The number of hydrogen-bond donors (Lipinski definition) is 1. The molecule has 0 aliphatic rings. The molecule has 0 saturated carbocycles. The molecule has 0 aromatic rings. The van der Waals surface area contributed by atoms with Crippen molar-refractivity contribution in [1.29, 1.82) is 0 Å². The Morgan fingerprint density at radius 3 is 1.24 bits per heavy atom. The zero-order chi connectivity index (χ0) is 35.7. The fourth-order valence-electron chi connectivity index (χ4n) is 6.35. The second-order valence-corrected chi connectivity index (χ2v) is 14.6. The second kappa shape index (κ2) is 40.6. The number of hydrogen-bond acceptors (Lipinski definition) is 2. The van der Waals surface area contributed by atoms with Crippen LogP contribution in [-0.2, 0) is 0 Å². The Hall–Kier alpha value is -1.80. The van der Waals surface area contributed by atoms with Crippen LogP contribution < -0.4 is 5.73 Å². The third kappa shape index (κ3) is 37.3. The van der Waals surface area contributed by atoms with Gasteiger partial charge in [-0.1, -0.05) is 158 Å². The number of nitrogens with zero attached hydrogens (tertiary/aromatic N) is 1. The van der Waals surface area contributed by atoms with E-state index >= 15 is 0 Å². The number of nitrogens with two attached hydrogens (primary N) is 1. The zero-order valence-electron chi connectivity index (χ0n) is 33.4. The summed E-state index contributed by atoms with van der Waals surface area (Å²) >= 11 is 0. The summed E-state index contributed by atoms with van der Waals surface area (Å²) in [6, 6.07) is 0. The van der Waals surface area contributed by atoms with Crippen LogP contribution >= 0.6 is 0 Å². The third-order valence-corrected chi connectivity index (χ3v) is 9.68. The molecule has 0 unspecified atom stereocenters. The lowest BCUT2D eigenvalue weighted by molar-refractivity contribution is 0.312. The van der Waals surface area contributed by atoms with Crippen LogP contribution in [0.15, 0.2) is 73.0 Å². The van der Waals surface area contributed by atoms with E-state index in [1.165, 1.54) is 178 Å². The van der Waals surface area contributed by atoms with Gasteiger partial charge in [0.15, 0.2) is 0 Å². The molecule has 0 radical (unpaired) electrons. The van der Waals surface area contributed by atoms with E-state index < -0.39 is 0 Å². The predicted molar refractivity (Wildman–Crippen MR) is 225 cm³/mol. The van der Waals surface area contributed by atoms with Crippen LogP contribution in [0.4, 0.5) is 0 Å². The SMILES string of the molecule is C=C(CCCCN)CCCC(=C)N(CCCCCCCC/C=C\C/C=C\CCCCC)CCCCCCCC/C=C\C/C=C\CCCCC. The molecule has 0 aromatic heterocycles. The Balaban J connectivity index is 4.19. The van der Waals surface area contributed by atoms with Crippen molar-refractivity contribution in [2.45, 2.75) is 206 Å². The second-order valence-electron chi connectivity index (χ2n) is 14.6. The topological polar surface area (TPSA) is 29.3 Å². The zero-order valence-corrected chi connectivity index (χ0v) is 33.4. The highest BCUT2D eigenvalue weighted by atomic mass is 15.1. The molecule has 2 nitrogen and oxygen atoms in total. The lowest BCUT2D eigenvalue weighted by atomic mass is 10.0. The van der Waals surface area contributed by atoms with Crippen LogP contribution in [0.1, 0.15) is 206 Å². The van der Waals surface area contributed by atoms with E-state index in [0.29, 0.717) is 0 Å². The van der Waals surface area contributed by atoms with Crippen LogP contribution in [0.2, 0.25) is 0 Å². The first-order valence-corrected chi connectivity index (χ1v) is 21.5. The van der Waals surface area contributed by atoms with Crippen LogP contribution in [-0.4, -0.2) is 24.5 Å². The van der Waals surface area contributed by atoms with Gasteiger partial charge in [0.1, 0.15) is 0 Å². The molecule has 2 N–H and O–H groups in total. The molecular formula is C47H86N2. The molecule has 0 atom stereocenters. The van der Waals surface area contributed by atoms with Gasteiger partial charge in [-0.25, -0.2) is 0 Å². The highest BCUT2D eigenvalue weighted by Gasteiger charge is 2.08. The summed E-state index contributed by atoms with van der Waals surface area (Å²) in [6.07, 6.45) is 57.2. The van der Waals surface area contributed by atoms with E-state index in [1.54, 1.807) is 0 Å². The standard InChI is InChI=1S/C47H86N2/c1-5-7-9-11-13-15-17-19-21-23-25-27-29-31-33-37-44-49(47(4)42-39-41-46(3)40-35-36-43-48)45-38-34-32-30-28-26-24-22-20-18-16-14-12-10-8-6-2/h13-16,19-22H,3-12,17-18,23-45,48H2,1-2H3/b15-13-,16-14-,21-19-,22-20-. The van der Waals surface area contributed by atoms with E-state index in [2.05, 4.69) is 80.5 Å². The molecule has 0 bridgehead atoms. The monoisotopic (exact) mass is 679 g/mol. The molecule has 0 aromatic carbocycles. The summed E-state index contributed by atoms with van der Waals surface area (Å²) in [5.74, 6) is 0. The largest absolute Gasteiger partial charge is 0.375 e. The van der Waals surface area contributed by atoms with Gasteiger partial charge in [0.2, 0.25) is 0 Å². The Morgan fingerprint density at radius 1 is 0.429 bits per heavy atom. The maximum absolute atomic E-state index is 5.67. The van der Waals surface area contributed by atoms with Gasteiger partial charge in [-0.2, -0.15) is 0 Å². The van der Waals surface area contributed by atoms with Gasteiger partial charge in [0, 0.05) is 18.8 Å². The van der Waals surface area contributed by atoms with Crippen LogP contribution in [0.25, 0.3) is 0 Å². The average molecular weight is 679 g/mol. The van der Waals surface area contributed by atoms with E-state index in [4.69, 9.17) is 5.73 Å². The Labute approximate surface area is 308 Å². The van der Waals surface area contributed by atoms with Crippen molar-refractivity contribution in [1.82, 2.24) is 4.90 Å². The van der Waals surface area contributed by atoms with Crippen LogP contribution in [0.5, 0.6) is 0 Å². The van der Waals surface area contributed by atoms with Gasteiger partial charge in [0.25, 0.3) is 0 Å². The maximum atomic E-state index is 5.67. The summed E-state index contributed by atoms with van der Waals surface area (Å²) < 4.78 is 0. The van der Waals surface area contributed by atoms with Crippen LogP contribution in [0.3, 0.4) is 0 Å². The van der Waals surface area contributed by atoms with Crippen molar-refractivity contribution in [3.63, 3.8) is 0 Å². The molecule has 49 heavy (non-hydrogen) atoms. The smallest absolute Gasteiger partial charge is 0.0174 e. The van der Waals surface area contributed by atoms with E-state index in [9.17, 15) is 0 Å². The normalized spacial score (nSPS) is 12.1. The lowest BCUT2D eigenvalue weighted by Crippen LogP contribution is -2.25. The summed E-state index contributed by atoms with van der Waals surface area (Å²) in [6.45, 7) is 16.6. The first kappa shape index (κ1) is 47.2. The average Bonchev–Trinajstić information content (AvgIpc) is 3.10. The fraction of sp³-hybridized carbons (Fsp3) is 0.745. The molecule has 0 saturated heterocycles. The van der Waals surface area contributed by atoms with Gasteiger partial charge in [-0.3, -0.25) is 0 Å². The van der Waals surface area contributed by atoms with Crippen molar-refractivity contribution >= 4 is 0 Å². The number of allylic oxidation sites excluding steroid dienone is 10. The molecule has 0 aliphatic carbocycles. The van der Waals surface area contributed by atoms with Crippen LogP contribution in [0, 0.1) is 0 Å². The van der Waals surface area contributed by atoms with Crippen molar-refractivity contribution in [2.75, 3.05) is 19.6 Å². The Bertz CT molecular complexity index is 768. The first-order valence-electron chi connectivity index (χ1n) is 21.5. The highest BCUT2D eigenvalue weighted by molar-refractivity contribution is 4.99. The molecule has 2 heteroatoms. The first-order chi connectivity index (χ1) is 24.2. The molecule has 0 aliphatic heterocycles. The molecule has 0 amide bonds. The summed E-state index contributed by atoms with van der Waals surface area (Å²) in [5.41, 5.74) is 8.42. The van der Waals surface area contributed by atoms with Gasteiger partial charge < -0.3 is 10.6 Å². The Kier molecular flexibility index (Phi) is 39.1. The minimum absolute atomic E-state index is 0.794. The summed E-state index contributed by atoms with van der Waals surface area (Å²) in [7, 11) is 0. The van der Waals surface area contributed by atoms with Crippen molar-refractivity contribution in [2.24, 2.45) is 5.73 Å². The van der Waals surface area contributed by atoms with Gasteiger partial charge in [-0.05, 0) is 122 Å². The minimum atomic E-state index is 0.794. The molecule has 0 spiro atoms. The highest BCUT2D eigenvalue weighted by Crippen LogP contribution is 2.19. The summed E-state index contributed by atoms with van der Waals surface area (Å²) in [5, 5.41) is 0. The van der Waals surface area contributed by atoms with E-state index in [-0.39, 0.29) is 0 Å². The maximum Gasteiger partial charge on any atom is 0.0174 e. The van der Waals surface area contributed by atoms with Gasteiger partial charge in [-0.15, -0.1) is 0 Å². The summed E-state index contributed by atoms with van der Waals surface area (Å²) in [4.78, 5) is 2.64. The van der Waals surface area contributed by atoms with E-state index in [0.717, 1.165) is 45.1 Å². The van der Waals surface area contributed by atoms with E-state index in [1.807, 2.05) is 0 Å². The molecule has 284 valence electrons. The third-order valence-electron chi connectivity index (χ3n) is 9.68. The number of rotatable bonds is 39. The van der Waals surface area contributed by atoms with Crippen molar-refractivity contribution in [3.8, 4) is 0 Å². The van der Waals surface area contributed by atoms with Gasteiger partial charge >= 0.3 is 0 Å². The predicted octanol–water partition coefficient (Wildman–Crippen LogP) is 15.3. The minimum Gasteiger partial charge on any atom is -0.375 e. The van der Waals surface area contributed by atoms with Crippen molar-refractivity contribution in [3.05, 3.63) is 73.0 Å².